The number of anilines is 1. The summed E-state index contributed by atoms with van der Waals surface area (Å²) in [7, 11) is 1.29. The fraction of sp³-hybridized carbons (Fsp3) is 0.385. The van der Waals surface area contributed by atoms with Crippen LogP contribution in [0.25, 0.3) is 0 Å². The Morgan fingerprint density at radius 2 is 2.26 bits per heavy atom. The predicted octanol–water partition coefficient (Wildman–Crippen LogP) is 1.82. The summed E-state index contributed by atoms with van der Waals surface area (Å²) in [5.41, 5.74) is 0.663. The normalized spacial score (nSPS) is 18.1. The molecule has 19 heavy (non-hydrogen) atoms. The maximum absolute atomic E-state index is 12.0. The van der Waals surface area contributed by atoms with Crippen molar-refractivity contribution in [3.05, 3.63) is 28.8 Å². The van der Waals surface area contributed by atoms with E-state index in [4.69, 9.17) is 11.6 Å². The van der Waals surface area contributed by atoms with Gasteiger partial charge in [-0.25, -0.2) is 4.79 Å². The molecule has 0 bridgehead atoms. The summed E-state index contributed by atoms with van der Waals surface area (Å²) in [4.78, 5) is 23.6. The number of carbonyl (C=O) groups is 2. The van der Waals surface area contributed by atoms with Crippen molar-refractivity contribution in [3.8, 4) is 0 Å². The number of rotatable bonds is 3. The topological polar surface area (TPSA) is 67.4 Å². The van der Waals surface area contributed by atoms with Crippen LogP contribution >= 0.6 is 11.6 Å². The third kappa shape index (κ3) is 3.24. The van der Waals surface area contributed by atoms with Gasteiger partial charge in [0.05, 0.1) is 24.4 Å². The van der Waals surface area contributed by atoms with Gasteiger partial charge in [0.1, 0.15) is 0 Å². The van der Waals surface area contributed by atoms with Gasteiger partial charge in [0, 0.05) is 5.02 Å². The zero-order valence-corrected chi connectivity index (χ0v) is 11.3. The van der Waals surface area contributed by atoms with Crippen LogP contribution in [0.3, 0.4) is 0 Å². The second-order valence-corrected chi connectivity index (χ2v) is 4.76. The number of ether oxygens (including phenoxy) is 1. The molecule has 1 aliphatic rings. The standard InChI is InChI=1S/C13H15ClN2O3/c1-19-13(18)9-5-4-8(14)7-11(9)16-12(17)10-3-2-6-15-10/h4-5,7,10,15H,2-3,6H2,1H3,(H,16,17)/t10-/m0/s1. The molecule has 0 radical (unpaired) electrons. The van der Waals surface area contributed by atoms with E-state index in [1.807, 2.05) is 0 Å². The minimum Gasteiger partial charge on any atom is -0.465 e. The van der Waals surface area contributed by atoms with Gasteiger partial charge < -0.3 is 15.4 Å². The van der Waals surface area contributed by atoms with E-state index in [1.165, 1.54) is 13.2 Å². The average Bonchev–Trinajstić information content (AvgIpc) is 2.92. The monoisotopic (exact) mass is 282 g/mol. The number of halogens is 1. The van der Waals surface area contributed by atoms with Gasteiger partial charge in [0.25, 0.3) is 0 Å². The summed E-state index contributed by atoms with van der Waals surface area (Å²) in [5, 5.41) is 6.26. The molecule has 1 aromatic rings. The first kappa shape index (κ1) is 13.8. The number of hydrogen-bond donors (Lipinski definition) is 2. The lowest BCUT2D eigenvalue weighted by atomic mass is 10.1. The molecule has 1 aromatic carbocycles. The first-order valence-electron chi connectivity index (χ1n) is 6.04. The Bertz CT molecular complexity index is 499. The molecule has 0 aliphatic carbocycles. The molecule has 1 heterocycles. The minimum atomic E-state index is -0.508. The average molecular weight is 283 g/mol. The number of methoxy groups -OCH3 is 1. The van der Waals surface area contributed by atoms with Gasteiger partial charge in [-0.1, -0.05) is 11.6 Å². The molecule has 0 aromatic heterocycles. The van der Waals surface area contributed by atoms with E-state index < -0.39 is 5.97 Å². The van der Waals surface area contributed by atoms with Crippen LogP contribution < -0.4 is 10.6 Å². The molecule has 0 spiro atoms. The Labute approximate surface area is 116 Å². The maximum Gasteiger partial charge on any atom is 0.339 e. The Morgan fingerprint density at radius 1 is 1.47 bits per heavy atom. The molecule has 0 saturated carbocycles. The zero-order chi connectivity index (χ0) is 13.8. The molecule has 102 valence electrons. The van der Waals surface area contributed by atoms with Crippen molar-refractivity contribution in [2.24, 2.45) is 0 Å². The van der Waals surface area contributed by atoms with Gasteiger partial charge in [0.15, 0.2) is 0 Å². The molecule has 1 fully saturated rings. The highest BCUT2D eigenvalue weighted by molar-refractivity contribution is 6.31. The van der Waals surface area contributed by atoms with E-state index in [9.17, 15) is 9.59 Å². The smallest absolute Gasteiger partial charge is 0.339 e. The number of amides is 1. The van der Waals surface area contributed by atoms with Crippen molar-refractivity contribution in [2.75, 3.05) is 19.0 Å². The molecule has 1 aliphatic heterocycles. The molecule has 2 rings (SSSR count). The quantitative estimate of drug-likeness (QED) is 0.830. The van der Waals surface area contributed by atoms with Crippen LogP contribution in [0.4, 0.5) is 5.69 Å². The summed E-state index contributed by atoms with van der Waals surface area (Å²) in [5.74, 6) is -0.670. The minimum absolute atomic E-state index is 0.162. The van der Waals surface area contributed by atoms with Crippen LogP contribution in [0, 0.1) is 0 Å². The SMILES string of the molecule is COC(=O)c1ccc(Cl)cc1NC(=O)[C@@H]1CCCN1. The molecule has 1 saturated heterocycles. The summed E-state index contributed by atoms with van der Waals surface area (Å²) in [6, 6.07) is 4.44. The maximum atomic E-state index is 12.0. The van der Waals surface area contributed by atoms with E-state index in [0.717, 1.165) is 19.4 Å². The molecule has 2 N–H and O–H groups in total. The van der Waals surface area contributed by atoms with Gasteiger partial charge in [0.2, 0.25) is 5.91 Å². The predicted molar refractivity (Wildman–Crippen MR) is 72.4 cm³/mol. The van der Waals surface area contributed by atoms with Gasteiger partial charge in [-0.05, 0) is 37.6 Å². The summed E-state index contributed by atoms with van der Waals surface area (Å²) < 4.78 is 4.67. The van der Waals surface area contributed by atoms with Gasteiger partial charge in [-0.15, -0.1) is 0 Å². The fourth-order valence-corrected chi connectivity index (χ4v) is 2.21. The van der Waals surface area contributed by atoms with Crippen molar-refractivity contribution in [2.45, 2.75) is 18.9 Å². The van der Waals surface area contributed by atoms with E-state index >= 15 is 0 Å². The Balaban J connectivity index is 2.20. The lowest BCUT2D eigenvalue weighted by Gasteiger charge is -2.13. The lowest BCUT2D eigenvalue weighted by Crippen LogP contribution is -2.35. The van der Waals surface area contributed by atoms with Gasteiger partial charge in [-0.2, -0.15) is 0 Å². The molecule has 1 atom stereocenters. The Hall–Kier alpha value is -1.59. The largest absolute Gasteiger partial charge is 0.465 e. The number of carbonyl (C=O) groups excluding carboxylic acids is 2. The van der Waals surface area contributed by atoms with Crippen molar-refractivity contribution < 1.29 is 14.3 Å². The molecular formula is C13H15ClN2O3. The van der Waals surface area contributed by atoms with E-state index in [2.05, 4.69) is 15.4 Å². The zero-order valence-electron chi connectivity index (χ0n) is 10.5. The molecule has 6 heteroatoms. The van der Waals surface area contributed by atoms with Crippen LogP contribution in [0.1, 0.15) is 23.2 Å². The van der Waals surface area contributed by atoms with Crippen LogP contribution in [-0.4, -0.2) is 31.6 Å². The highest BCUT2D eigenvalue weighted by Crippen LogP contribution is 2.22. The highest BCUT2D eigenvalue weighted by atomic mass is 35.5. The summed E-state index contributed by atoms with van der Waals surface area (Å²) in [6.45, 7) is 0.831. The van der Waals surface area contributed by atoms with Gasteiger partial charge in [-0.3, -0.25) is 4.79 Å². The van der Waals surface area contributed by atoms with E-state index in [0.29, 0.717) is 16.3 Å². The third-order valence-electron chi connectivity index (χ3n) is 3.02. The second-order valence-electron chi connectivity index (χ2n) is 4.32. The summed E-state index contributed by atoms with van der Waals surface area (Å²) >= 11 is 5.89. The molecular weight excluding hydrogens is 268 g/mol. The van der Waals surface area contributed by atoms with E-state index in [-0.39, 0.29) is 11.9 Å². The first-order chi connectivity index (χ1) is 9.11. The first-order valence-corrected chi connectivity index (χ1v) is 6.41. The number of hydrogen-bond acceptors (Lipinski definition) is 4. The Morgan fingerprint density at radius 3 is 2.89 bits per heavy atom. The van der Waals surface area contributed by atoms with Crippen LogP contribution in [0.15, 0.2) is 18.2 Å². The third-order valence-corrected chi connectivity index (χ3v) is 3.26. The molecule has 1 amide bonds. The van der Waals surface area contributed by atoms with Crippen LogP contribution in [-0.2, 0) is 9.53 Å². The van der Waals surface area contributed by atoms with Crippen molar-refractivity contribution in [3.63, 3.8) is 0 Å². The highest BCUT2D eigenvalue weighted by Gasteiger charge is 2.23. The number of esters is 1. The van der Waals surface area contributed by atoms with E-state index in [1.54, 1.807) is 12.1 Å². The van der Waals surface area contributed by atoms with Crippen LogP contribution in [0.5, 0.6) is 0 Å². The van der Waals surface area contributed by atoms with Crippen molar-refractivity contribution in [1.29, 1.82) is 0 Å². The molecule has 0 unspecified atom stereocenters. The lowest BCUT2D eigenvalue weighted by molar-refractivity contribution is -0.117. The number of nitrogens with one attached hydrogen (secondary N) is 2. The van der Waals surface area contributed by atoms with Gasteiger partial charge >= 0.3 is 5.97 Å². The van der Waals surface area contributed by atoms with Crippen molar-refractivity contribution >= 4 is 29.2 Å². The second kappa shape index (κ2) is 6.04. The number of benzene rings is 1. The van der Waals surface area contributed by atoms with Crippen LogP contribution in [0.2, 0.25) is 5.02 Å². The summed E-state index contributed by atoms with van der Waals surface area (Å²) in [6.07, 6.45) is 1.76. The Kier molecular flexibility index (Phi) is 4.39. The fourth-order valence-electron chi connectivity index (χ4n) is 2.04. The molecule has 5 nitrogen and oxygen atoms in total. The van der Waals surface area contributed by atoms with Crippen molar-refractivity contribution in [1.82, 2.24) is 5.32 Å².